The summed E-state index contributed by atoms with van der Waals surface area (Å²) in [7, 11) is 0. The molecule has 1 unspecified atom stereocenters. The van der Waals surface area contributed by atoms with E-state index in [9.17, 15) is 9.90 Å². The minimum Gasteiger partial charge on any atom is -0.481 e. The summed E-state index contributed by atoms with van der Waals surface area (Å²) in [6.45, 7) is 2.84. The topological polar surface area (TPSA) is 79.5 Å². The number of anilines is 1. The summed E-state index contributed by atoms with van der Waals surface area (Å²) in [6.07, 6.45) is 2.10. The second-order valence-corrected chi connectivity index (χ2v) is 6.01. The van der Waals surface area contributed by atoms with Crippen LogP contribution in [0.15, 0.2) is 35.0 Å². The number of rotatable bonds is 2. The summed E-state index contributed by atoms with van der Waals surface area (Å²) in [5.41, 5.74) is 1.41. The number of furan rings is 1. The predicted molar refractivity (Wildman–Crippen MR) is 81.9 cm³/mol. The number of aromatic nitrogens is 2. The monoisotopic (exact) mass is 297 g/mol. The van der Waals surface area contributed by atoms with Gasteiger partial charge in [0.1, 0.15) is 17.4 Å². The minimum absolute atomic E-state index is 0.422. The smallest absolute Gasteiger partial charge is 0.311 e. The zero-order chi connectivity index (χ0) is 15.3. The lowest BCUT2D eigenvalue weighted by Gasteiger charge is -2.20. The molecule has 1 aliphatic rings. The highest BCUT2D eigenvalue weighted by atomic mass is 16.4. The highest BCUT2D eigenvalue weighted by Crippen LogP contribution is 2.37. The molecule has 4 rings (SSSR count). The molecule has 0 amide bonds. The molecular weight excluding hydrogens is 282 g/mol. The molecule has 0 bridgehead atoms. The zero-order valence-electron chi connectivity index (χ0n) is 12.1. The van der Waals surface area contributed by atoms with Crippen molar-refractivity contribution in [2.75, 3.05) is 18.0 Å². The third-order valence-electron chi connectivity index (χ3n) is 4.43. The standard InChI is InChI=1S/C16H15N3O3/c1-16(15(20)21)6-7-19(8-16)14-13-12(17-9-18-14)10-4-2-3-5-11(10)22-13/h2-5,9H,6-8H2,1H3,(H,20,21). The quantitative estimate of drug-likeness (QED) is 0.783. The van der Waals surface area contributed by atoms with Gasteiger partial charge in [-0.15, -0.1) is 0 Å². The molecule has 0 saturated carbocycles. The van der Waals surface area contributed by atoms with E-state index < -0.39 is 11.4 Å². The normalized spacial score (nSPS) is 21.8. The van der Waals surface area contributed by atoms with E-state index in [1.54, 1.807) is 6.92 Å². The van der Waals surface area contributed by atoms with Gasteiger partial charge in [0, 0.05) is 18.5 Å². The van der Waals surface area contributed by atoms with E-state index >= 15 is 0 Å². The van der Waals surface area contributed by atoms with Crippen molar-refractivity contribution in [1.82, 2.24) is 9.97 Å². The van der Waals surface area contributed by atoms with Gasteiger partial charge in [0.15, 0.2) is 11.4 Å². The predicted octanol–water partition coefficient (Wildman–Crippen LogP) is 2.68. The van der Waals surface area contributed by atoms with Crippen LogP contribution >= 0.6 is 0 Å². The molecule has 112 valence electrons. The lowest BCUT2D eigenvalue weighted by atomic mass is 9.90. The molecular formula is C16H15N3O3. The summed E-state index contributed by atoms with van der Waals surface area (Å²) in [5.74, 6) is -0.101. The van der Waals surface area contributed by atoms with Crippen molar-refractivity contribution in [1.29, 1.82) is 0 Å². The molecule has 1 aromatic carbocycles. The molecule has 1 atom stereocenters. The average molecular weight is 297 g/mol. The van der Waals surface area contributed by atoms with Crippen LogP contribution in [0.25, 0.3) is 22.1 Å². The molecule has 0 spiro atoms. The third kappa shape index (κ3) is 1.76. The number of benzene rings is 1. The number of aliphatic carboxylic acids is 1. The number of fused-ring (bicyclic) bond motifs is 3. The van der Waals surface area contributed by atoms with Crippen LogP contribution in [0.1, 0.15) is 13.3 Å². The van der Waals surface area contributed by atoms with Crippen LogP contribution in [0, 0.1) is 5.41 Å². The number of carboxylic acids is 1. The Morgan fingerprint density at radius 1 is 1.36 bits per heavy atom. The van der Waals surface area contributed by atoms with E-state index in [-0.39, 0.29) is 0 Å². The van der Waals surface area contributed by atoms with Crippen molar-refractivity contribution in [3.05, 3.63) is 30.6 Å². The van der Waals surface area contributed by atoms with Gasteiger partial charge < -0.3 is 14.4 Å². The van der Waals surface area contributed by atoms with Crippen LogP contribution < -0.4 is 4.90 Å². The van der Waals surface area contributed by atoms with Gasteiger partial charge in [-0.25, -0.2) is 9.97 Å². The largest absolute Gasteiger partial charge is 0.481 e. The van der Waals surface area contributed by atoms with Gasteiger partial charge in [-0.05, 0) is 25.5 Å². The number of para-hydroxylation sites is 1. The van der Waals surface area contributed by atoms with E-state index in [1.807, 2.05) is 29.2 Å². The Balaban J connectivity index is 1.85. The molecule has 1 fully saturated rings. The van der Waals surface area contributed by atoms with E-state index in [4.69, 9.17) is 4.42 Å². The Morgan fingerprint density at radius 2 is 2.18 bits per heavy atom. The number of hydrogen-bond donors (Lipinski definition) is 1. The SMILES string of the molecule is CC1(C(=O)O)CCN(c2ncnc3c2oc2ccccc23)C1. The van der Waals surface area contributed by atoms with Crippen LogP contribution in [0.4, 0.5) is 5.82 Å². The first-order valence-corrected chi connectivity index (χ1v) is 7.19. The second kappa shape index (κ2) is 4.43. The van der Waals surface area contributed by atoms with E-state index in [0.717, 1.165) is 16.5 Å². The van der Waals surface area contributed by atoms with Crippen molar-refractivity contribution < 1.29 is 14.3 Å². The summed E-state index contributed by atoms with van der Waals surface area (Å²) in [6, 6.07) is 7.71. The van der Waals surface area contributed by atoms with Crippen LogP contribution in [-0.2, 0) is 4.79 Å². The molecule has 1 N–H and O–H groups in total. The van der Waals surface area contributed by atoms with Crippen molar-refractivity contribution in [2.45, 2.75) is 13.3 Å². The van der Waals surface area contributed by atoms with Gasteiger partial charge in [-0.2, -0.15) is 0 Å². The zero-order valence-corrected chi connectivity index (χ0v) is 12.1. The number of nitrogens with zero attached hydrogens (tertiary/aromatic N) is 3. The molecule has 6 nitrogen and oxygen atoms in total. The second-order valence-electron chi connectivity index (χ2n) is 6.01. The van der Waals surface area contributed by atoms with Gasteiger partial charge >= 0.3 is 5.97 Å². The lowest BCUT2D eigenvalue weighted by molar-refractivity contribution is -0.146. The Labute approximate surface area is 126 Å². The van der Waals surface area contributed by atoms with Crippen molar-refractivity contribution in [3.8, 4) is 0 Å². The first-order valence-electron chi connectivity index (χ1n) is 7.19. The highest BCUT2D eigenvalue weighted by Gasteiger charge is 2.41. The summed E-state index contributed by atoms with van der Waals surface area (Å²) in [4.78, 5) is 22.1. The number of hydrogen-bond acceptors (Lipinski definition) is 5. The Bertz CT molecular complexity index is 889. The van der Waals surface area contributed by atoms with E-state index in [2.05, 4.69) is 9.97 Å². The molecule has 1 saturated heterocycles. The van der Waals surface area contributed by atoms with Crippen LogP contribution in [0.3, 0.4) is 0 Å². The highest BCUT2D eigenvalue weighted by molar-refractivity contribution is 6.05. The van der Waals surface area contributed by atoms with E-state index in [1.165, 1.54) is 6.33 Å². The van der Waals surface area contributed by atoms with Crippen molar-refractivity contribution in [3.63, 3.8) is 0 Å². The first-order chi connectivity index (χ1) is 10.6. The summed E-state index contributed by atoms with van der Waals surface area (Å²) < 4.78 is 5.91. The van der Waals surface area contributed by atoms with Gasteiger partial charge in [0.25, 0.3) is 0 Å². The summed E-state index contributed by atoms with van der Waals surface area (Å²) >= 11 is 0. The fourth-order valence-corrected chi connectivity index (χ4v) is 3.05. The molecule has 1 aliphatic heterocycles. The van der Waals surface area contributed by atoms with Crippen LogP contribution in [0.5, 0.6) is 0 Å². The van der Waals surface area contributed by atoms with Crippen LogP contribution in [-0.4, -0.2) is 34.1 Å². The van der Waals surface area contributed by atoms with Gasteiger partial charge in [-0.3, -0.25) is 4.79 Å². The van der Waals surface area contributed by atoms with Crippen LogP contribution in [0.2, 0.25) is 0 Å². The van der Waals surface area contributed by atoms with Crippen molar-refractivity contribution in [2.24, 2.45) is 5.41 Å². The third-order valence-corrected chi connectivity index (χ3v) is 4.43. The maximum absolute atomic E-state index is 11.4. The average Bonchev–Trinajstić information content (AvgIpc) is 3.09. The number of carbonyl (C=O) groups is 1. The molecule has 3 aromatic rings. The first kappa shape index (κ1) is 13.1. The van der Waals surface area contributed by atoms with E-state index in [0.29, 0.717) is 30.9 Å². The van der Waals surface area contributed by atoms with Gasteiger partial charge in [0.05, 0.1) is 5.41 Å². The molecule has 6 heteroatoms. The number of carboxylic acid groups (broad SMARTS) is 1. The molecule has 0 aliphatic carbocycles. The Morgan fingerprint density at radius 3 is 2.95 bits per heavy atom. The molecule has 22 heavy (non-hydrogen) atoms. The van der Waals surface area contributed by atoms with Gasteiger partial charge in [0.2, 0.25) is 0 Å². The minimum atomic E-state index is -0.773. The molecule has 0 radical (unpaired) electrons. The lowest BCUT2D eigenvalue weighted by Crippen LogP contribution is -2.32. The van der Waals surface area contributed by atoms with Crippen molar-refractivity contribution >= 4 is 33.9 Å². The Kier molecular flexibility index (Phi) is 2.63. The Hall–Kier alpha value is -2.63. The molecule has 2 aromatic heterocycles. The maximum Gasteiger partial charge on any atom is 0.311 e. The maximum atomic E-state index is 11.4. The molecule has 3 heterocycles. The fraction of sp³-hybridized carbons (Fsp3) is 0.312. The summed E-state index contributed by atoms with van der Waals surface area (Å²) in [5, 5.41) is 10.3. The fourth-order valence-electron chi connectivity index (χ4n) is 3.05. The van der Waals surface area contributed by atoms with Gasteiger partial charge in [-0.1, -0.05) is 12.1 Å².